The third-order valence-corrected chi connectivity index (χ3v) is 3.44. The number of hydrogen-bond acceptors (Lipinski definition) is 3. The zero-order valence-corrected chi connectivity index (χ0v) is 12.7. The third-order valence-electron chi connectivity index (χ3n) is 2.83. The minimum absolute atomic E-state index is 0.00161. The highest BCUT2D eigenvalue weighted by molar-refractivity contribution is 7.80. The maximum Gasteiger partial charge on any atom is 0.271 e. The second-order valence-corrected chi connectivity index (χ2v) is 5.11. The van der Waals surface area contributed by atoms with Crippen molar-refractivity contribution in [3.63, 3.8) is 0 Å². The second-order valence-electron chi connectivity index (χ2n) is 4.30. The largest absolute Gasteiger partial charge is 0.332 e. The van der Waals surface area contributed by atoms with Crippen LogP contribution in [0.5, 0.6) is 0 Å². The quantitative estimate of drug-likeness (QED) is 0.499. The molecule has 21 heavy (non-hydrogen) atoms. The van der Waals surface area contributed by atoms with Crippen LogP contribution in [-0.2, 0) is 0 Å². The van der Waals surface area contributed by atoms with Gasteiger partial charge in [-0.25, -0.2) is 0 Å². The first-order valence-electron chi connectivity index (χ1n) is 6.05. The molecule has 0 radical (unpaired) electrons. The number of nitro groups is 1. The Morgan fingerprint density at radius 3 is 2.67 bits per heavy atom. The number of halogens is 1. The molecule has 7 heteroatoms. The van der Waals surface area contributed by atoms with Gasteiger partial charge in [-0.3, -0.25) is 10.1 Å². The summed E-state index contributed by atoms with van der Waals surface area (Å²) in [7, 11) is 0. The molecule has 0 bridgehead atoms. The summed E-state index contributed by atoms with van der Waals surface area (Å²) in [5.41, 5.74) is 2.20. The molecule has 2 aromatic rings. The normalized spacial score (nSPS) is 10.0. The van der Waals surface area contributed by atoms with Crippen LogP contribution in [0.3, 0.4) is 0 Å². The average Bonchev–Trinajstić information content (AvgIpc) is 2.44. The van der Waals surface area contributed by atoms with Crippen molar-refractivity contribution >= 4 is 46.0 Å². The van der Waals surface area contributed by atoms with Gasteiger partial charge in [0.1, 0.15) is 0 Å². The van der Waals surface area contributed by atoms with E-state index in [9.17, 15) is 10.1 Å². The van der Waals surface area contributed by atoms with Gasteiger partial charge in [-0.2, -0.15) is 0 Å². The van der Waals surface area contributed by atoms with Crippen molar-refractivity contribution in [3.8, 4) is 0 Å². The number of nitrogens with one attached hydrogen (secondary N) is 2. The lowest BCUT2D eigenvalue weighted by atomic mass is 10.2. The minimum Gasteiger partial charge on any atom is -0.332 e. The monoisotopic (exact) mass is 321 g/mol. The summed E-state index contributed by atoms with van der Waals surface area (Å²) < 4.78 is 0. The van der Waals surface area contributed by atoms with E-state index in [1.807, 2.05) is 19.1 Å². The summed E-state index contributed by atoms with van der Waals surface area (Å²) in [4.78, 5) is 10.3. The fourth-order valence-electron chi connectivity index (χ4n) is 1.72. The third kappa shape index (κ3) is 3.90. The SMILES string of the molecule is Cc1c(Cl)cccc1NC(=S)Nc1cccc([N+](=O)[O-])c1. The Morgan fingerprint density at radius 1 is 1.24 bits per heavy atom. The van der Waals surface area contributed by atoms with Crippen molar-refractivity contribution in [1.29, 1.82) is 0 Å². The fourth-order valence-corrected chi connectivity index (χ4v) is 2.13. The molecular formula is C14H12ClN3O2S. The van der Waals surface area contributed by atoms with Crippen molar-refractivity contribution in [2.45, 2.75) is 6.92 Å². The Morgan fingerprint density at radius 2 is 1.95 bits per heavy atom. The van der Waals surface area contributed by atoms with Gasteiger partial charge in [0.25, 0.3) is 5.69 Å². The smallest absolute Gasteiger partial charge is 0.271 e. The summed E-state index contributed by atoms with van der Waals surface area (Å²) in [5.74, 6) is 0. The number of rotatable bonds is 3. The van der Waals surface area contributed by atoms with Gasteiger partial charge in [0.15, 0.2) is 5.11 Å². The fraction of sp³-hybridized carbons (Fsp3) is 0.0714. The highest BCUT2D eigenvalue weighted by Gasteiger charge is 2.08. The molecule has 5 nitrogen and oxygen atoms in total. The maximum absolute atomic E-state index is 10.7. The van der Waals surface area contributed by atoms with Crippen molar-refractivity contribution in [1.82, 2.24) is 0 Å². The summed E-state index contributed by atoms with van der Waals surface area (Å²) in [5, 5.41) is 17.6. The van der Waals surface area contributed by atoms with Crippen LogP contribution < -0.4 is 10.6 Å². The molecule has 0 heterocycles. The van der Waals surface area contributed by atoms with E-state index in [4.69, 9.17) is 23.8 Å². The first kappa shape index (κ1) is 15.2. The van der Waals surface area contributed by atoms with Gasteiger partial charge in [0.2, 0.25) is 0 Å². The Kier molecular flexibility index (Phi) is 4.72. The van der Waals surface area contributed by atoms with Crippen LogP contribution >= 0.6 is 23.8 Å². The van der Waals surface area contributed by atoms with E-state index in [1.165, 1.54) is 12.1 Å². The predicted octanol–water partition coefficient (Wildman–Crippen LogP) is 4.37. The molecule has 0 saturated carbocycles. The Bertz CT molecular complexity index is 706. The van der Waals surface area contributed by atoms with Crippen molar-refractivity contribution in [3.05, 3.63) is 63.2 Å². The minimum atomic E-state index is -0.456. The number of nitrogens with zero attached hydrogens (tertiary/aromatic N) is 1. The zero-order chi connectivity index (χ0) is 15.4. The van der Waals surface area contributed by atoms with Crippen LogP contribution in [0.2, 0.25) is 5.02 Å². The molecule has 0 spiro atoms. The number of anilines is 2. The molecular weight excluding hydrogens is 310 g/mol. The molecule has 2 N–H and O–H groups in total. The standard InChI is InChI=1S/C14H12ClN3O2S/c1-9-12(15)6-3-7-13(9)17-14(21)16-10-4-2-5-11(8-10)18(19)20/h2-8H,1H3,(H2,16,17,21). The molecule has 0 fully saturated rings. The summed E-state index contributed by atoms with van der Waals surface area (Å²) >= 11 is 11.2. The highest BCUT2D eigenvalue weighted by Crippen LogP contribution is 2.23. The maximum atomic E-state index is 10.7. The molecule has 0 atom stereocenters. The van der Waals surface area contributed by atoms with E-state index >= 15 is 0 Å². The van der Waals surface area contributed by atoms with Crippen molar-refractivity contribution < 1.29 is 4.92 Å². The first-order valence-corrected chi connectivity index (χ1v) is 6.83. The number of benzene rings is 2. The van der Waals surface area contributed by atoms with E-state index in [2.05, 4.69) is 10.6 Å². The van der Waals surface area contributed by atoms with E-state index < -0.39 is 4.92 Å². The van der Waals surface area contributed by atoms with Crippen LogP contribution in [0.25, 0.3) is 0 Å². The van der Waals surface area contributed by atoms with Crippen LogP contribution in [0.15, 0.2) is 42.5 Å². The molecule has 0 aliphatic heterocycles. The molecule has 2 rings (SSSR count). The Labute approximate surface area is 132 Å². The summed E-state index contributed by atoms with van der Waals surface area (Å²) in [6.07, 6.45) is 0. The van der Waals surface area contributed by atoms with Gasteiger partial charge in [-0.1, -0.05) is 23.7 Å². The van der Waals surface area contributed by atoms with Crippen molar-refractivity contribution in [2.24, 2.45) is 0 Å². The van der Waals surface area contributed by atoms with Crippen LogP contribution in [-0.4, -0.2) is 10.0 Å². The van der Waals surface area contributed by atoms with E-state index in [0.29, 0.717) is 15.8 Å². The van der Waals surface area contributed by atoms with Gasteiger partial charge in [0, 0.05) is 28.5 Å². The van der Waals surface area contributed by atoms with E-state index in [-0.39, 0.29) is 5.69 Å². The van der Waals surface area contributed by atoms with E-state index in [1.54, 1.807) is 18.2 Å². The van der Waals surface area contributed by atoms with Gasteiger partial charge in [-0.05, 0) is 42.9 Å². The van der Waals surface area contributed by atoms with Crippen molar-refractivity contribution in [2.75, 3.05) is 10.6 Å². The van der Waals surface area contributed by atoms with Gasteiger partial charge < -0.3 is 10.6 Å². The van der Waals surface area contributed by atoms with Crippen LogP contribution in [0, 0.1) is 17.0 Å². The summed E-state index contributed by atoms with van der Waals surface area (Å²) in [6, 6.07) is 11.6. The van der Waals surface area contributed by atoms with Crippen LogP contribution in [0.4, 0.5) is 17.1 Å². The first-order chi connectivity index (χ1) is 9.97. The molecule has 2 aromatic carbocycles. The second kappa shape index (κ2) is 6.51. The molecule has 0 saturated heterocycles. The lowest BCUT2D eigenvalue weighted by Crippen LogP contribution is -2.19. The lowest BCUT2D eigenvalue weighted by molar-refractivity contribution is -0.384. The van der Waals surface area contributed by atoms with Gasteiger partial charge in [-0.15, -0.1) is 0 Å². The molecule has 108 valence electrons. The summed E-state index contributed by atoms with van der Waals surface area (Å²) in [6.45, 7) is 1.88. The Hall–Kier alpha value is -2.18. The van der Waals surface area contributed by atoms with Gasteiger partial charge >= 0.3 is 0 Å². The average molecular weight is 322 g/mol. The predicted molar refractivity (Wildman–Crippen MR) is 89.1 cm³/mol. The molecule has 0 aromatic heterocycles. The Balaban J connectivity index is 2.10. The topological polar surface area (TPSA) is 67.2 Å². The molecule has 0 aliphatic rings. The van der Waals surface area contributed by atoms with Crippen LogP contribution in [0.1, 0.15) is 5.56 Å². The van der Waals surface area contributed by atoms with E-state index in [0.717, 1.165) is 11.3 Å². The molecule has 0 unspecified atom stereocenters. The lowest BCUT2D eigenvalue weighted by Gasteiger charge is -2.13. The number of hydrogen-bond donors (Lipinski definition) is 2. The molecule has 0 amide bonds. The number of non-ortho nitro benzene ring substituents is 1. The van der Waals surface area contributed by atoms with Gasteiger partial charge in [0.05, 0.1) is 4.92 Å². The zero-order valence-electron chi connectivity index (χ0n) is 11.1. The number of nitro benzene ring substituents is 1. The molecule has 0 aliphatic carbocycles. The highest BCUT2D eigenvalue weighted by atomic mass is 35.5. The number of thiocarbonyl (C=S) groups is 1.